The van der Waals surface area contributed by atoms with Crippen LogP contribution < -0.4 is 10.2 Å². The molecule has 1 aromatic carbocycles. The van der Waals surface area contributed by atoms with Crippen LogP contribution in [-0.4, -0.2) is 49.9 Å². The Bertz CT molecular complexity index is 539. The van der Waals surface area contributed by atoms with E-state index in [1.807, 2.05) is 31.3 Å². The first-order valence-corrected chi connectivity index (χ1v) is 8.35. The zero-order valence-corrected chi connectivity index (χ0v) is 14.5. The molecular weight excluding hydrogens is 314 g/mol. The van der Waals surface area contributed by atoms with Crippen LogP contribution in [0.15, 0.2) is 24.3 Å². The number of rotatable bonds is 5. The van der Waals surface area contributed by atoms with E-state index in [9.17, 15) is 9.59 Å². The number of halogens is 1. The average molecular weight is 338 g/mol. The van der Waals surface area contributed by atoms with Gasteiger partial charge in [0.1, 0.15) is 0 Å². The van der Waals surface area contributed by atoms with Gasteiger partial charge in [-0.2, -0.15) is 0 Å². The van der Waals surface area contributed by atoms with Crippen LogP contribution in [0, 0.1) is 5.92 Å². The fourth-order valence-electron chi connectivity index (χ4n) is 2.77. The summed E-state index contributed by atoms with van der Waals surface area (Å²) in [6, 6.07) is 7.63. The standard InChI is InChI=1S/C17H24ClN3O2/c1-13(22)21-10-7-14(8-11-21)17(23)19-9-12-20(2)16-5-3-15(18)4-6-16/h3-6,14H,7-12H2,1-2H3,(H,19,23). The molecule has 1 saturated heterocycles. The van der Waals surface area contributed by atoms with Crippen LogP contribution in [0.2, 0.25) is 5.02 Å². The number of benzene rings is 1. The fraction of sp³-hybridized carbons (Fsp3) is 0.529. The lowest BCUT2D eigenvalue weighted by molar-refractivity contribution is -0.133. The van der Waals surface area contributed by atoms with Crippen molar-refractivity contribution in [2.75, 3.05) is 38.1 Å². The molecule has 1 fully saturated rings. The second kappa shape index (κ2) is 8.20. The summed E-state index contributed by atoms with van der Waals surface area (Å²) < 4.78 is 0. The lowest BCUT2D eigenvalue weighted by Crippen LogP contribution is -2.43. The van der Waals surface area contributed by atoms with Crippen LogP contribution in [0.5, 0.6) is 0 Å². The van der Waals surface area contributed by atoms with E-state index < -0.39 is 0 Å². The van der Waals surface area contributed by atoms with Crippen LogP contribution in [0.25, 0.3) is 0 Å². The Morgan fingerprint density at radius 3 is 2.43 bits per heavy atom. The SMILES string of the molecule is CC(=O)N1CCC(C(=O)NCCN(C)c2ccc(Cl)cc2)CC1. The minimum Gasteiger partial charge on any atom is -0.373 e. The maximum atomic E-state index is 12.2. The lowest BCUT2D eigenvalue weighted by atomic mass is 9.96. The van der Waals surface area contributed by atoms with Gasteiger partial charge in [-0.25, -0.2) is 0 Å². The molecule has 1 aliphatic rings. The summed E-state index contributed by atoms with van der Waals surface area (Å²) in [5, 5.41) is 3.71. The predicted octanol–water partition coefficient (Wildman–Crippen LogP) is 2.15. The van der Waals surface area contributed by atoms with Gasteiger partial charge in [0.2, 0.25) is 11.8 Å². The minimum absolute atomic E-state index is 0.0199. The highest BCUT2D eigenvalue weighted by Gasteiger charge is 2.25. The lowest BCUT2D eigenvalue weighted by Gasteiger charge is -2.30. The Kier molecular flexibility index (Phi) is 6.28. The molecule has 0 radical (unpaired) electrons. The first kappa shape index (κ1) is 17.6. The molecule has 0 saturated carbocycles. The second-order valence-electron chi connectivity index (χ2n) is 5.97. The Balaban J connectivity index is 1.70. The van der Waals surface area contributed by atoms with Gasteiger partial charge in [-0.3, -0.25) is 9.59 Å². The summed E-state index contributed by atoms with van der Waals surface area (Å²) in [7, 11) is 1.99. The monoisotopic (exact) mass is 337 g/mol. The molecule has 0 aliphatic carbocycles. The van der Waals surface area contributed by atoms with E-state index in [4.69, 9.17) is 11.6 Å². The number of carbonyl (C=O) groups is 2. The fourth-order valence-corrected chi connectivity index (χ4v) is 2.90. The number of nitrogens with zero attached hydrogens (tertiary/aromatic N) is 2. The average Bonchev–Trinajstić information content (AvgIpc) is 2.55. The number of nitrogens with one attached hydrogen (secondary N) is 1. The first-order valence-electron chi connectivity index (χ1n) is 7.97. The molecule has 0 unspecified atom stereocenters. The van der Waals surface area contributed by atoms with Crippen LogP contribution in [0.4, 0.5) is 5.69 Å². The van der Waals surface area contributed by atoms with Crippen molar-refractivity contribution >= 4 is 29.1 Å². The van der Waals surface area contributed by atoms with Gasteiger partial charge in [0.15, 0.2) is 0 Å². The molecule has 1 aromatic rings. The van der Waals surface area contributed by atoms with Gasteiger partial charge in [-0.05, 0) is 37.1 Å². The van der Waals surface area contributed by atoms with E-state index >= 15 is 0 Å². The molecule has 1 aliphatic heterocycles. The summed E-state index contributed by atoms with van der Waals surface area (Å²) >= 11 is 5.88. The molecule has 0 spiro atoms. The number of likely N-dealkylation sites (tertiary alicyclic amines) is 1. The van der Waals surface area contributed by atoms with Crippen molar-refractivity contribution in [1.29, 1.82) is 0 Å². The molecule has 2 rings (SSSR count). The minimum atomic E-state index is 0.0199. The number of amides is 2. The number of anilines is 1. The first-order chi connectivity index (χ1) is 11.0. The summed E-state index contributed by atoms with van der Waals surface area (Å²) in [5.41, 5.74) is 1.07. The van der Waals surface area contributed by atoms with Gasteiger partial charge in [0, 0.05) is 56.8 Å². The molecule has 2 amide bonds. The third kappa shape index (κ3) is 5.13. The van der Waals surface area contributed by atoms with Gasteiger partial charge in [-0.1, -0.05) is 11.6 Å². The Labute approximate surface area is 142 Å². The molecule has 0 atom stereocenters. The van der Waals surface area contributed by atoms with E-state index in [0.717, 1.165) is 25.1 Å². The molecule has 5 nitrogen and oxygen atoms in total. The quantitative estimate of drug-likeness (QED) is 0.895. The van der Waals surface area contributed by atoms with Gasteiger partial charge in [0.25, 0.3) is 0 Å². The summed E-state index contributed by atoms with van der Waals surface area (Å²) in [6.45, 7) is 4.27. The zero-order chi connectivity index (χ0) is 16.8. The van der Waals surface area contributed by atoms with Crippen molar-refractivity contribution < 1.29 is 9.59 Å². The predicted molar refractivity (Wildman–Crippen MR) is 92.7 cm³/mol. The van der Waals surface area contributed by atoms with E-state index in [1.54, 1.807) is 11.8 Å². The summed E-state index contributed by atoms with van der Waals surface area (Å²) in [5.74, 6) is 0.206. The number of hydrogen-bond donors (Lipinski definition) is 1. The Hall–Kier alpha value is -1.75. The van der Waals surface area contributed by atoms with Crippen molar-refractivity contribution in [2.24, 2.45) is 5.92 Å². The van der Waals surface area contributed by atoms with E-state index in [1.165, 1.54) is 0 Å². The molecule has 126 valence electrons. The third-order valence-electron chi connectivity index (χ3n) is 4.32. The highest BCUT2D eigenvalue weighted by molar-refractivity contribution is 6.30. The molecule has 23 heavy (non-hydrogen) atoms. The van der Waals surface area contributed by atoms with Crippen molar-refractivity contribution in [1.82, 2.24) is 10.2 Å². The van der Waals surface area contributed by atoms with Gasteiger partial charge in [-0.15, -0.1) is 0 Å². The highest BCUT2D eigenvalue weighted by atomic mass is 35.5. The Morgan fingerprint density at radius 1 is 1.26 bits per heavy atom. The van der Waals surface area contributed by atoms with Crippen LogP contribution in [-0.2, 0) is 9.59 Å². The molecule has 0 bridgehead atoms. The molecule has 0 aromatic heterocycles. The number of likely N-dealkylation sites (N-methyl/N-ethyl adjacent to an activating group) is 1. The van der Waals surface area contributed by atoms with Gasteiger partial charge >= 0.3 is 0 Å². The number of piperidine rings is 1. The summed E-state index contributed by atoms with van der Waals surface area (Å²) in [6.07, 6.45) is 1.50. The van der Waals surface area contributed by atoms with Crippen LogP contribution in [0.1, 0.15) is 19.8 Å². The van der Waals surface area contributed by atoms with Crippen LogP contribution >= 0.6 is 11.6 Å². The second-order valence-corrected chi connectivity index (χ2v) is 6.41. The van der Waals surface area contributed by atoms with Crippen molar-refractivity contribution in [3.63, 3.8) is 0 Å². The van der Waals surface area contributed by atoms with E-state index in [2.05, 4.69) is 10.2 Å². The van der Waals surface area contributed by atoms with Crippen LogP contribution in [0.3, 0.4) is 0 Å². The molecule has 1 heterocycles. The van der Waals surface area contributed by atoms with Crippen molar-refractivity contribution in [3.05, 3.63) is 29.3 Å². The third-order valence-corrected chi connectivity index (χ3v) is 4.58. The maximum Gasteiger partial charge on any atom is 0.223 e. The zero-order valence-electron chi connectivity index (χ0n) is 13.7. The van der Waals surface area contributed by atoms with Gasteiger partial charge in [0.05, 0.1) is 0 Å². The smallest absolute Gasteiger partial charge is 0.223 e. The van der Waals surface area contributed by atoms with E-state index in [-0.39, 0.29) is 17.7 Å². The van der Waals surface area contributed by atoms with Crippen molar-refractivity contribution in [3.8, 4) is 0 Å². The topological polar surface area (TPSA) is 52.7 Å². The molecular formula is C17H24ClN3O2. The summed E-state index contributed by atoms with van der Waals surface area (Å²) in [4.78, 5) is 27.4. The highest BCUT2D eigenvalue weighted by Crippen LogP contribution is 2.18. The normalized spacial score (nSPS) is 15.3. The van der Waals surface area contributed by atoms with Gasteiger partial charge < -0.3 is 15.1 Å². The largest absolute Gasteiger partial charge is 0.373 e. The van der Waals surface area contributed by atoms with Crippen molar-refractivity contribution in [2.45, 2.75) is 19.8 Å². The molecule has 6 heteroatoms. The number of carbonyl (C=O) groups excluding carboxylic acids is 2. The number of hydrogen-bond acceptors (Lipinski definition) is 3. The molecule has 1 N–H and O–H groups in total. The van der Waals surface area contributed by atoms with E-state index in [0.29, 0.717) is 24.7 Å². The maximum absolute atomic E-state index is 12.2. The Morgan fingerprint density at radius 2 is 1.87 bits per heavy atom.